The molecule has 1 atom stereocenters. The van der Waals surface area contributed by atoms with Crippen LogP contribution in [0.4, 0.5) is 5.69 Å². The molecular weight excluding hydrogens is 645 g/mol. The molecule has 1 saturated heterocycles. The maximum absolute atomic E-state index is 13.0. The van der Waals surface area contributed by atoms with Gasteiger partial charge in [-0.15, -0.1) is 0 Å². The molecule has 49 heavy (non-hydrogen) atoms. The van der Waals surface area contributed by atoms with Gasteiger partial charge in [0.15, 0.2) is 0 Å². The smallest absolute Gasteiger partial charge is 0.313 e. The van der Waals surface area contributed by atoms with Crippen molar-refractivity contribution in [3.05, 3.63) is 96.2 Å². The summed E-state index contributed by atoms with van der Waals surface area (Å²) in [6.45, 7) is 2.93. The van der Waals surface area contributed by atoms with Gasteiger partial charge in [-0.3, -0.25) is 14.3 Å². The Balaban J connectivity index is 1.09. The molecule has 13 nitrogen and oxygen atoms in total. The van der Waals surface area contributed by atoms with Crippen LogP contribution in [0.5, 0.6) is 0 Å². The van der Waals surface area contributed by atoms with Crippen LogP contribution in [0.2, 0.25) is 0 Å². The number of anilines is 1. The molecule has 1 unspecified atom stereocenters. The van der Waals surface area contributed by atoms with Gasteiger partial charge in [0.2, 0.25) is 10.0 Å². The fraction of sp³-hybridized carbons (Fsp3) is 0.314. The van der Waals surface area contributed by atoms with Crippen molar-refractivity contribution in [1.29, 1.82) is 5.26 Å². The molecule has 2 aliphatic rings. The van der Waals surface area contributed by atoms with Crippen molar-refractivity contribution in [3.8, 4) is 17.3 Å². The molecule has 1 amide bonds. The van der Waals surface area contributed by atoms with Gasteiger partial charge in [-0.2, -0.15) is 14.7 Å². The second kappa shape index (κ2) is 12.6. The summed E-state index contributed by atoms with van der Waals surface area (Å²) in [7, 11) is -1.99. The normalized spacial score (nSPS) is 16.3. The first-order valence-corrected chi connectivity index (χ1v) is 17.6. The SMILES string of the molecule is CCS(=O)(=O)N1CC(CC#N)(n2cc(-c3ncnc4c3ccn4CCC(C(=O)OC)c3ccc(N4Cc5ccccc5C4=O)cc3)cn2)C1. The fourth-order valence-corrected chi connectivity index (χ4v) is 8.01. The number of hydrogen-bond donors (Lipinski definition) is 0. The lowest BCUT2D eigenvalue weighted by atomic mass is 9.89. The van der Waals surface area contributed by atoms with Gasteiger partial charge in [-0.25, -0.2) is 18.4 Å². The number of rotatable bonds is 11. The van der Waals surface area contributed by atoms with Gasteiger partial charge in [0.05, 0.1) is 49.7 Å². The van der Waals surface area contributed by atoms with Gasteiger partial charge in [-0.05, 0) is 48.7 Å². The highest BCUT2D eigenvalue weighted by Crippen LogP contribution is 2.36. The fourth-order valence-electron chi connectivity index (χ4n) is 6.77. The Kier molecular flexibility index (Phi) is 8.25. The van der Waals surface area contributed by atoms with Crippen molar-refractivity contribution in [2.45, 2.75) is 44.3 Å². The summed E-state index contributed by atoms with van der Waals surface area (Å²) in [4.78, 5) is 36.8. The maximum atomic E-state index is 13.0. The molecule has 5 heterocycles. The van der Waals surface area contributed by atoms with Crippen LogP contribution in [-0.2, 0) is 38.2 Å². The minimum absolute atomic E-state index is 0.000885. The number of fused-ring (bicyclic) bond motifs is 2. The second-order valence-corrected chi connectivity index (χ2v) is 14.6. The van der Waals surface area contributed by atoms with Crippen molar-refractivity contribution in [2.75, 3.05) is 30.9 Å². The van der Waals surface area contributed by atoms with E-state index in [2.05, 4.69) is 21.1 Å². The molecule has 5 aromatic rings. The van der Waals surface area contributed by atoms with Crippen LogP contribution in [0.15, 0.2) is 79.5 Å². The minimum atomic E-state index is -3.37. The average Bonchev–Trinajstić information content (AvgIpc) is 3.84. The van der Waals surface area contributed by atoms with Gasteiger partial charge < -0.3 is 14.2 Å². The predicted octanol–water partition coefficient (Wildman–Crippen LogP) is 4.08. The highest BCUT2D eigenvalue weighted by atomic mass is 32.2. The number of benzene rings is 2. The van der Waals surface area contributed by atoms with Crippen LogP contribution in [0, 0.1) is 11.3 Å². The third kappa shape index (κ3) is 5.64. The van der Waals surface area contributed by atoms with Crippen LogP contribution < -0.4 is 4.90 Å². The number of ether oxygens (including phenoxy) is 1. The zero-order valence-corrected chi connectivity index (χ0v) is 27.9. The molecule has 0 radical (unpaired) electrons. The number of aromatic nitrogens is 5. The Morgan fingerprint density at radius 3 is 2.59 bits per heavy atom. The number of carbonyl (C=O) groups excluding carboxylic acids is 2. The van der Waals surface area contributed by atoms with E-state index in [0.29, 0.717) is 42.0 Å². The lowest BCUT2D eigenvalue weighted by Gasteiger charge is -2.47. The van der Waals surface area contributed by atoms with E-state index in [0.717, 1.165) is 22.2 Å². The van der Waals surface area contributed by atoms with Crippen LogP contribution in [-0.4, -0.2) is 74.9 Å². The molecule has 0 aliphatic carbocycles. The second-order valence-electron chi connectivity index (χ2n) is 12.4. The average molecular weight is 679 g/mol. The summed E-state index contributed by atoms with van der Waals surface area (Å²) < 4.78 is 35.0. The van der Waals surface area contributed by atoms with Crippen molar-refractivity contribution in [1.82, 2.24) is 28.6 Å². The minimum Gasteiger partial charge on any atom is -0.469 e. The summed E-state index contributed by atoms with van der Waals surface area (Å²) in [6.07, 6.45) is 7.41. The molecule has 0 saturated carbocycles. The first-order valence-electron chi connectivity index (χ1n) is 16.0. The lowest BCUT2D eigenvalue weighted by molar-refractivity contribution is -0.142. The van der Waals surface area contributed by atoms with Gasteiger partial charge in [0.1, 0.15) is 17.5 Å². The summed E-state index contributed by atoms with van der Waals surface area (Å²) in [5.74, 6) is -0.944. The summed E-state index contributed by atoms with van der Waals surface area (Å²) in [6, 6.07) is 19.2. The Hall–Kier alpha value is -5.39. The number of methoxy groups -OCH3 is 1. The van der Waals surface area contributed by atoms with Crippen molar-refractivity contribution >= 4 is 38.6 Å². The molecule has 0 N–H and O–H groups in total. The van der Waals surface area contributed by atoms with E-state index in [1.807, 2.05) is 65.4 Å². The first kappa shape index (κ1) is 32.2. The molecule has 0 spiro atoms. The van der Waals surface area contributed by atoms with Crippen molar-refractivity contribution < 1.29 is 22.7 Å². The molecule has 3 aromatic heterocycles. The monoisotopic (exact) mass is 678 g/mol. The predicted molar refractivity (Wildman–Crippen MR) is 181 cm³/mol. The van der Waals surface area contributed by atoms with E-state index >= 15 is 0 Å². The van der Waals surface area contributed by atoms with Crippen LogP contribution >= 0.6 is 0 Å². The molecule has 2 aliphatic heterocycles. The molecule has 7 rings (SSSR count). The Morgan fingerprint density at radius 1 is 1.10 bits per heavy atom. The third-order valence-corrected chi connectivity index (χ3v) is 11.4. The van der Waals surface area contributed by atoms with Gasteiger partial charge >= 0.3 is 5.97 Å². The number of nitriles is 1. The zero-order chi connectivity index (χ0) is 34.3. The first-order chi connectivity index (χ1) is 23.7. The van der Waals surface area contributed by atoms with Gasteiger partial charge in [0.25, 0.3) is 5.91 Å². The van der Waals surface area contributed by atoms with E-state index in [1.54, 1.807) is 28.9 Å². The van der Waals surface area contributed by atoms with Crippen molar-refractivity contribution in [2.24, 2.45) is 0 Å². The summed E-state index contributed by atoms with van der Waals surface area (Å²) in [5.41, 5.74) is 4.54. The number of aryl methyl sites for hydroxylation is 1. The molecule has 250 valence electrons. The standard InChI is InChI=1S/C35H34N8O5S/c1-3-49(46,47)41-21-35(22-41,14-15-36)43-20-26(18-39-43)31-30-13-17-40(32(30)38-23-37-31)16-12-29(34(45)48-2)24-8-10-27(11-9-24)42-19-25-6-4-5-7-28(25)33(42)44/h4-11,13,17-18,20,23,29H,3,12,14,16,19,21-22H2,1-2H3. The maximum Gasteiger partial charge on any atom is 0.313 e. The number of amides is 1. The van der Waals surface area contributed by atoms with Crippen molar-refractivity contribution in [3.63, 3.8) is 0 Å². The van der Waals surface area contributed by atoms with Gasteiger partial charge in [0, 0.05) is 54.2 Å². The summed E-state index contributed by atoms with van der Waals surface area (Å²) in [5, 5.41) is 14.8. The third-order valence-electron chi connectivity index (χ3n) is 9.58. The molecule has 14 heteroatoms. The number of sulfonamides is 1. The molecule has 1 fully saturated rings. The molecular formula is C35H34N8O5S. The highest BCUT2D eigenvalue weighted by molar-refractivity contribution is 7.89. The van der Waals surface area contributed by atoms with E-state index in [1.165, 1.54) is 17.7 Å². The van der Waals surface area contributed by atoms with Gasteiger partial charge in [-0.1, -0.05) is 30.3 Å². The largest absolute Gasteiger partial charge is 0.469 e. The number of carbonyl (C=O) groups is 2. The van der Waals surface area contributed by atoms with E-state index in [4.69, 9.17) is 4.74 Å². The number of nitrogens with zero attached hydrogens (tertiary/aromatic N) is 8. The molecule has 2 aromatic carbocycles. The lowest BCUT2D eigenvalue weighted by Crippen LogP contribution is -2.64. The quantitative estimate of drug-likeness (QED) is 0.188. The summed E-state index contributed by atoms with van der Waals surface area (Å²) >= 11 is 0. The highest BCUT2D eigenvalue weighted by Gasteiger charge is 2.49. The number of hydrogen-bond acceptors (Lipinski definition) is 9. The Bertz CT molecular complexity index is 2210. The Labute approximate surface area is 283 Å². The van der Waals surface area contributed by atoms with E-state index in [-0.39, 0.29) is 37.1 Å². The molecule has 0 bridgehead atoms. The Morgan fingerprint density at radius 2 is 1.88 bits per heavy atom. The van der Waals surface area contributed by atoms with Crippen LogP contribution in [0.1, 0.15) is 47.2 Å². The van der Waals surface area contributed by atoms with Crippen LogP contribution in [0.3, 0.4) is 0 Å². The van der Waals surface area contributed by atoms with E-state index in [9.17, 15) is 23.3 Å². The zero-order valence-electron chi connectivity index (χ0n) is 27.1. The van der Waals surface area contributed by atoms with E-state index < -0.39 is 21.5 Å². The van der Waals surface area contributed by atoms with Crippen LogP contribution in [0.25, 0.3) is 22.3 Å². The number of esters is 1. The topological polar surface area (TPSA) is 156 Å².